The van der Waals surface area contributed by atoms with E-state index in [1.54, 1.807) is 20.8 Å². The Balaban J connectivity index is -0.000000107. The zero-order valence-corrected chi connectivity index (χ0v) is 11.1. The molecular formula is C4H12KO5P. The van der Waals surface area contributed by atoms with Crippen molar-refractivity contribution in [2.45, 2.75) is 26.4 Å². The molecule has 0 heterocycles. The molecule has 0 amide bonds. The first kappa shape index (κ1) is 18.5. The maximum atomic E-state index is 8.77. The molecule has 0 radical (unpaired) electrons. The van der Waals surface area contributed by atoms with Gasteiger partial charge in [-0.3, -0.25) is 4.57 Å². The zero-order chi connectivity index (χ0) is 9.00. The summed E-state index contributed by atoms with van der Waals surface area (Å²) in [5.41, 5.74) is -0.500. The SMILES string of the molecule is CC(C)(C)O.O=P([O-])(O)O.[K+]. The summed E-state index contributed by atoms with van der Waals surface area (Å²) in [6.45, 7) is 5.23. The topological polar surface area (TPSA) is 101 Å². The fourth-order valence-corrected chi connectivity index (χ4v) is 0. The average molecular weight is 210 g/mol. The van der Waals surface area contributed by atoms with E-state index >= 15 is 0 Å². The van der Waals surface area contributed by atoms with Crippen LogP contribution in [0.1, 0.15) is 20.8 Å². The third-order valence-electron chi connectivity index (χ3n) is 0. The van der Waals surface area contributed by atoms with Crippen molar-refractivity contribution in [2.24, 2.45) is 0 Å². The van der Waals surface area contributed by atoms with Crippen molar-refractivity contribution in [2.75, 3.05) is 0 Å². The number of rotatable bonds is 0. The van der Waals surface area contributed by atoms with Gasteiger partial charge < -0.3 is 19.8 Å². The van der Waals surface area contributed by atoms with Crippen molar-refractivity contribution in [1.82, 2.24) is 0 Å². The fourth-order valence-electron chi connectivity index (χ4n) is 0. The van der Waals surface area contributed by atoms with E-state index in [0.717, 1.165) is 0 Å². The van der Waals surface area contributed by atoms with Crippen LogP contribution in [0.2, 0.25) is 0 Å². The second kappa shape index (κ2) is 7.14. The van der Waals surface area contributed by atoms with Crippen LogP contribution < -0.4 is 56.3 Å². The van der Waals surface area contributed by atoms with Crippen molar-refractivity contribution >= 4 is 7.82 Å². The number of phosphoric acid groups is 1. The summed E-state index contributed by atoms with van der Waals surface area (Å²) in [5, 5.41) is 8.52. The van der Waals surface area contributed by atoms with E-state index in [4.69, 9.17) is 24.4 Å². The van der Waals surface area contributed by atoms with Gasteiger partial charge in [0.05, 0.1) is 5.60 Å². The van der Waals surface area contributed by atoms with Crippen LogP contribution >= 0.6 is 7.82 Å². The summed E-state index contributed by atoms with van der Waals surface area (Å²) >= 11 is 0. The van der Waals surface area contributed by atoms with E-state index in [0.29, 0.717) is 0 Å². The van der Waals surface area contributed by atoms with E-state index in [9.17, 15) is 0 Å². The molecule has 0 bridgehead atoms. The molecule has 0 aromatic heterocycles. The summed E-state index contributed by atoms with van der Waals surface area (Å²) in [4.78, 5) is 22.9. The van der Waals surface area contributed by atoms with Gasteiger partial charge in [0, 0.05) is 0 Å². The van der Waals surface area contributed by atoms with E-state index in [1.807, 2.05) is 0 Å². The quantitative estimate of drug-likeness (QED) is 0.281. The first-order valence-corrected chi connectivity index (χ1v) is 4.02. The number of aliphatic hydroxyl groups is 1. The van der Waals surface area contributed by atoms with Crippen LogP contribution in [0.3, 0.4) is 0 Å². The molecule has 0 aromatic carbocycles. The largest absolute Gasteiger partial charge is 1.00 e. The van der Waals surface area contributed by atoms with Crippen molar-refractivity contribution in [3.05, 3.63) is 0 Å². The van der Waals surface area contributed by atoms with E-state index in [1.165, 1.54) is 0 Å². The molecule has 64 valence electrons. The van der Waals surface area contributed by atoms with Gasteiger partial charge in [0.1, 0.15) is 0 Å². The molecule has 0 atom stereocenters. The zero-order valence-electron chi connectivity index (χ0n) is 7.11. The van der Waals surface area contributed by atoms with E-state index in [-0.39, 0.29) is 51.4 Å². The molecule has 11 heavy (non-hydrogen) atoms. The molecule has 0 aromatic rings. The van der Waals surface area contributed by atoms with Crippen LogP contribution in [-0.4, -0.2) is 20.5 Å². The summed E-state index contributed by atoms with van der Waals surface area (Å²) in [7, 11) is -4.89. The minimum atomic E-state index is -4.89. The van der Waals surface area contributed by atoms with Gasteiger partial charge in [-0.15, -0.1) is 0 Å². The molecule has 0 aliphatic carbocycles. The Labute approximate surface area is 108 Å². The number of hydrogen-bond donors (Lipinski definition) is 3. The predicted octanol–water partition coefficient (Wildman–Crippen LogP) is -3.78. The van der Waals surface area contributed by atoms with Crippen molar-refractivity contribution in [3.63, 3.8) is 0 Å². The van der Waals surface area contributed by atoms with Crippen LogP contribution in [0.4, 0.5) is 0 Å². The molecule has 0 rings (SSSR count). The van der Waals surface area contributed by atoms with Crippen LogP contribution in [0.5, 0.6) is 0 Å². The van der Waals surface area contributed by atoms with Crippen LogP contribution in [-0.2, 0) is 4.57 Å². The summed E-state index contributed by atoms with van der Waals surface area (Å²) < 4.78 is 8.77. The molecule has 0 aliphatic rings. The minimum Gasteiger partial charge on any atom is -0.756 e. The van der Waals surface area contributed by atoms with Gasteiger partial charge in [0.2, 0.25) is 0 Å². The van der Waals surface area contributed by atoms with E-state index in [2.05, 4.69) is 0 Å². The minimum absolute atomic E-state index is 0. The molecule has 7 heteroatoms. The first-order valence-electron chi connectivity index (χ1n) is 2.49. The Hall–Kier alpha value is 1.71. The van der Waals surface area contributed by atoms with Gasteiger partial charge in [0.15, 0.2) is 0 Å². The third-order valence-corrected chi connectivity index (χ3v) is 0. The third kappa shape index (κ3) is 379. The first-order chi connectivity index (χ1) is 4.00. The number of hydrogen-bond acceptors (Lipinski definition) is 3. The van der Waals surface area contributed by atoms with Gasteiger partial charge in [-0.25, -0.2) is 0 Å². The van der Waals surface area contributed by atoms with Crippen LogP contribution in [0.25, 0.3) is 0 Å². The Morgan fingerprint density at radius 2 is 1.27 bits per heavy atom. The monoisotopic (exact) mass is 210 g/mol. The van der Waals surface area contributed by atoms with E-state index < -0.39 is 13.4 Å². The molecular weight excluding hydrogens is 198 g/mol. The Morgan fingerprint density at radius 3 is 1.27 bits per heavy atom. The molecule has 0 saturated carbocycles. The smallest absolute Gasteiger partial charge is 0.756 e. The van der Waals surface area contributed by atoms with Crippen molar-refractivity contribution in [1.29, 1.82) is 0 Å². The van der Waals surface area contributed by atoms with Gasteiger partial charge in [0.25, 0.3) is 7.82 Å². The molecule has 3 N–H and O–H groups in total. The van der Waals surface area contributed by atoms with Gasteiger partial charge in [-0.1, -0.05) is 0 Å². The molecule has 0 fully saturated rings. The molecule has 0 aliphatic heterocycles. The second-order valence-corrected chi connectivity index (χ2v) is 3.64. The molecule has 0 spiro atoms. The Morgan fingerprint density at radius 1 is 1.27 bits per heavy atom. The molecule has 5 nitrogen and oxygen atoms in total. The average Bonchev–Trinajstić information content (AvgIpc) is 1.12. The summed E-state index contributed by atoms with van der Waals surface area (Å²) in [6, 6.07) is 0. The second-order valence-electron chi connectivity index (χ2n) is 2.66. The van der Waals surface area contributed by atoms with Gasteiger partial charge in [-0.2, -0.15) is 0 Å². The molecule has 0 unspecified atom stereocenters. The van der Waals surface area contributed by atoms with Crippen molar-refractivity contribution < 1.29 is 75.7 Å². The predicted molar refractivity (Wildman–Crippen MR) is 34.0 cm³/mol. The van der Waals surface area contributed by atoms with Gasteiger partial charge in [-0.05, 0) is 20.8 Å². The van der Waals surface area contributed by atoms with Gasteiger partial charge >= 0.3 is 51.4 Å². The Kier molecular flexibility index (Phi) is 12.0. The summed E-state index contributed by atoms with van der Waals surface area (Å²) in [6.07, 6.45) is 0. The maximum absolute atomic E-state index is 8.77. The standard InChI is InChI=1S/C4H10O.K.H3O4P/c1-4(2,3)5;;1-5(2,3)4/h5H,1-3H3;;(H3,1,2,3,4)/q;+1;/p-1. The maximum Gasteiger partial charge on any atom is 1.00 e. The Bertz CT molecular complexity index is 111. The summed E-state index contributed by atoms with van der Waals surface area (Å²) in [5.74, 6) is 0. The van der Waals surface area contributed by atoms with Crippen molar-refractivity contribution in [3.8, 4) is 0 Å². The molecule has 0 saturated heterocycles. The van der Waals surface area contributed by atoms with Crippen LogP contribution in [0, 0.1) is 0 Å². The fraction of sp³-hybridized carbons (Fsp3) is 1.00. The normalized spacial score (nSPS) is 10.8. The van der Waals surface area contributed by atoms with Crippen LogP contribution in [0.15, 0.2) is 0 Å².